The molecule has 3 aliphatic rings. The van der Waals surface area contributed by atoms with Gasteiger partial charge in [0.1, 0.15) is 0 Å². The van der Waals surface area contributed by atoms with E-state index in [0.717, 1.165) is 19.3 Å². The summed E-state index contributed by atoms with van der Waals surface area (Å²) in [7, 11) is 0. The minimum absolute atomic E-state index is 0.0553. The van der Waals surface area contributed by atoms with Crippen LogP contribution in [0.25, 0.3) is 0 Å². The lowest BCUT2D eigenvalue weighted by Gasteiger charge is -2.28. The predicted octanol–water partition coefficient (Wildman–Crippen LogP) is 3.29. The Balaban J connectivity index is 1.19. The lowest BCUT2D eigenvalue weighted by Crippen LogP contribution is -2.37. The summed E-state index contributed by atoms with van der Waals surface area (Å²) in [5.74, 6) is -2.52. The van der Waals surface area contributed by atoms with Gasteiger partial charge in [0.05, 0.1) is 30.4 Å². The molecule has 2 aliphatic carbocycles. The summed E-state index contributed by atoms with van der Waals surface area (Å²) < 4.78 is 10.2. The number of amides is 3. The number of alkyl halides is 2. The van der Waals surface area contributed by atoms with Crippen molar-refractivity contribution in [2.75, 3.05) is 25.1 Å². The van der Waals surface area contributed by atoms with Gasteiger partial charge in [-0.1, -0.05) is 45.2 Å². The summed E-state index contributed by atoms with van der Waals surface area (Å²) in [5, 5.41) is 2.58. The van der Waals surface area contributed by atoms with Gasteiger partial charge in [0, 0.05) is 21.9 Å². The van der Waals surface area contributed by atoms with Gasteiger partial charge in [0.2, 0.25) is 11.8 Å². The Morgan fingerprint density at radius 2 is 1.61 bits per heavy atom. The SMILES string of the molecule is CCCCOC(=O)c1ccc(NC(=O)COC(=O)CCN2C(=O)[C@@H]3[C@H]4C[C@@H]([C@H](Br)[C@H]4Br)[C@H]3C2=O)cc1. The topological polar surface area (TPSA) is 119 Å². The molecule has 36 heavy (non-hydrogen) atoms. The Kier molecular flexibility index (Phi) is 8.49. The van der Waals surface area contributed by atoms with Crippen molar-refractivity contribution < 1.29 is 33.4 Å². The standard InChI is InChI=1S/C25H28Br2N2O7/c1-2-3-10-35-25(34)13-4-6-14(7-5-13)28-17(30)12-36-18(31)8-9-29-23(32)19-15-11-16(20(19)24(29)33)22(27)21(15)26/h4-7,15-16,19-22H,2-3,8-12H2,1H3,(H,28,30)/t15-,16-,19-,20-,21+,22+/m1/s1. The molecular weight excluding hydrogens is 600 g/mol. The molecule has 3 fully saturated rings. The zero-order valence-electron chi connectivity index (χ0n) is 19.8. The zero-order chi connectivity index (χ0) is 26.0. The molecule has 1 aliphatic heterocycles. The first-order valence-corrected chi connectivity index (χ1v) is 13.9. The van der Waals surface area contributed by atoms with Crippen LogP contribution in [-0.2, 0) is 28.7 Å². The molecule has 194 valence electrons. The van der Waals surface area contributed by atoms with Crippen molar-refractivity contribution in [1.29, 1.82) is 0 Å². The van der Waals surface area contributed by atoms with Gasteiger partial charge >= 0.3 is 11.9 Å². The van der Waals surface area contributed by atoms with Gasteiger partial charge in [-0.2, -0.15) is 0 Å². The number of halogens is 2. The minimum Gasteiger partial charge on any atom is -0.462 e. The summed E-state index contributed by atoms with van der Waals surface area (Å²) in [6.07, 6.45) is 2.38. The van der Waals surface area contributed by atoms with Crippen molar-refractivity contribution in [2.45, 2.75) is 42.3 Å². The van der Waals surface area contributed by atoms with Crippen molar-refractivity contribution in [2.24, 2.45) is 23.7 Å². The molecule has 0 radical (unpaired) electrons. The van der Waals surface area contributed by atoms with E-state index in [1.165, 1.54) is 17.0 Å². The molecule has 4 rings (SSSR count). The quantitative estimate of drug-likeness (QED) is 0.183. The molecule has 6 atom stereocenters. The second-order valence-electron chi connectivity index (χ2n) is 9.36. The molecule has 1 aromatic carbocycles. The van der Waals surface area contributed by atoms with Gasteiger partial charge in [0.25, 0.3) is 5.91 Å². The van der Waals surface area contributed by atoms with Gasteiger partial charge in [-0.3, -0.25) is 24.1 Å². The second-order valence-corrected chi connectivity index (χ2v) is 11.5. The number of esters is 2. The third-order valence-electron chi connectivity index (χ3n) is 7.12. The Hall–Kier alpha value is -2.27. The highest BCUT2D eigenvalue weighted by molar-refractivity contribution is 9.12. The summed E-state index contributed by atoms with van der Waals surface area (Å²) in [5.41, 5.74) is 0.808. The largest absolute Gasteiger partial charge is 0.462 e. The van der Waals surface area contributed by atoms with Crippen LogP contribution < -0.4 is 5.32 Å². The van der Waals surface area contributed by atoms with Crippen LogP contribution in [0.2, 0.25) is 0 Å². The summed E-state index contributed by atoms with van der Waals surface area (Å²) in [6.45, 7) is 1.80. The monoisotopic (exact) mass is 626 g/mol. The first-order valence-electron chi connectivity index (χ1n) is 12.1. The third kappa shape index (κ3) is 5.37. The first kappa shape index (κ1) is 26.8. The van der Waals surface area contributed by atoms with Crippen molar-refractivity contribution in [3.63, 3.8) is 0 Å². The lowest BCUT2D eigenvalue weighted by atomic mass is 9.81. The number of fused-ring (bicyclic) bond motifs is 5. The number of nitrogens with zero attached hydrogens (tertiary/aromatic N) is 1. The number of imide groups is 1. The van der Waals surface area contributed by atoms with E-state index in [-0.39, 0.29) is 58.1 Å². The van der Waals surface area contributed by atoms with E-state index in [2.05, 4.69) is 37.2 Å². The fraction of sp³-hybridized carbons (Fsp3) is 0.560. The predicted molar refractivity (Wildman–Crippen MR) is 137 cm³/mol. The maximum absolute atomic E-state index is 12.9. The minimum atomic E-state index is -0.673. The van der Waals surface area contributed by atoms with Crippen LogP contribution >= 0.6 is 31.9 Å². The third-order valence-corrected chi connectivity index (χ3v) is 10.3. The van der Waals surface area contributed by atoms with E-state index in [9.17, 15) is 24.0 Å². The molecule has 2 saturated carbocycles. The van der Waals surface area contributed by atoms with Crippen LogP contribution in [0.1, 0.15) is 43.0 Å². The van der Waals surface area contributed by atoms with Crippen LogP contribution in [0.3, 0.4) is 0 Å². The van der Waals surface area contributed by atoms with Gasteiger partial charge in [-0.15, -0.1) is 0 Å². The van der Waals surface area contributed by atoms with E-state index in [1.54, 1.807) is 12.1 Å². The van der Waals surface area contributed by atoms with Crippen LogP contribution in [0.4, 0.5) is 5.69 Å². The van der Waals surface area contributed by atoms with Crippen LogP contribution in [0, 0.1) is 23.7 Å². The number of benzene rings is 1. The van der Waals surface area contributed by atoms with Crippen LogP contribution in [-0.4, -0.2) is 64.0 Å². The smallest absolute Gasteiger partial charge is 0.338 e. The van der Waals surface area contributed by atoms with E-state index >= 15 is 0 Å². The molecule has 0 spiro atoms. The molecule has 2 bridgehead atoms. The Bertz CT molecular complexity index is 1020. The molecule has 3 amide bonds. The molecule has 1 aromatic rings. The Morgan fingerprint density at radius 1 is 1.00 bits per heavy atom. The fourth-order valence-corrected chi connectivity index (χ4v) is 7.20. The van der Waals surface area contributed by atoms with E-state index in [4.69, 9.17) is 9.47 Å². The average Bonchev–Trinajstić information content (AvgIpc) is 3.47. The molecule has 1 heterocycles. The molecule has 0 aromatic heterocycles. The number of nitrogens with one attached hydrogen (secondary N) is 1. The Morgan fingerprint density at radius 3 is 2.19 bits per heavy atom. The molecule has 0 unspecified atom stereocenters. The zero-order valence-corrected chi connectivity index (χ0v) is 23.0. The Labute approximate surface area is 225 Å². The maximum atomic E-state index is 12.9. The number of anilines is 1. The fourth-order valence-electron chi connectivity index (χ4n) is 5.33. The van der Waals surface area contributed by atoms with Gasteiger partial charge in [0.15, 0.2) is 6.61 Å². The number of unbranched alkanes of at least 4 members (excludes halogenated alkanes) is 1. The normalized spacial score (nSPS) is 28.2. The molecular formula is C25H28Br2N2O7. The number of carbonyl (C=O) groups is 5. The maximum Gasteiger partial charge on any atom is 0.338 e. The summed E-state index contributed by atoms with van der Waals surface area (Å²) in [6, 6.07) is 6.19. The average molecular weight is 628 g/mol. The second kappa shape index (κ2) is 11.4. The molecule has 11 heteroatoms. The van der Waals surface area contributed by atoms with Gasteiger partial charge in [-0.25, -0.2) is 4.79 Å². The molecule has 9 nitrogen and oxygen atoms in total. The van der Waals surface area contributed by atoms with Crippen molar-refractivity contribution in [3.8, 4) is 0 Å². The summed E-state index contributed by atoms with van der Waals surface area (Å²) in [4.78, 5) is 63.5. The van der Waals surface area contributed by atoms with Crippen molar-refractivity contribution in [1.82, 2.24) is 4.90 Å². The first-order chi connectivity index (χ1) is 17.2. The number of likely N-dealkylation sites (tertiary alicyclic amines) is 1. The molecule has 1 saturated heterocycles. The number of hydrogen-bond acceptors (Lipinski definition) is 7. The van der Waals surface area contributed by atoms with Crippen molar-refractivity contribution in [3.05, 3.63) is 29.8 Å². The van der Waals surface area contributed by atoms with E-state index in [1.807, 2.05) is 6.92 Å². The highest BCUT2D eigenvalue weighted by atomic mass is 79.9. The van der Waals surface area contributed by atoms with Crippen LogP contribution in [0.5, 0.6) is 0 Å². The summed E-state index contributed by atoms with van der Waals surface area (Å²) >= 11 is 7.29. The number of hydrogen-bond donors (Lipinski definition) is 1. The highest BCUT2D eigenvalue weighted by Gasteiger charge is 2.66. The highest BCUT2D eigenvalue weighted by Crippen LogP contribution is 2.60. The number of rotatable bonds is 10. The number of carbonyl (C=O) groups excluding carboxylic acids is 5. The van der Waals surface area contributed by atoms with Crippen molar-refractivity contribution >= 4 is 67.2 Å². The van der Waals surface area contributed by atoms with Gasteiger partial charge in [-0.05, 0) is 48.9 Å². The molecule has 1 N–H and O–H groups in total. The van der Waals surface area contributed by atoms with E-state index in [0.29, 0.717) is 17.9 Å². The van der Waals surface area contributed by atoms with E-state index < -0.39 is 24.5 Å². The number of ether oxygens (including phenoxy) is 2. The van der Waals surface area contributed by atoms with Gasteiger partial charge < -0.3 is 14.8 Å². The van der Waals surface area contributed by atoms with Crippen LogP contribution in [0.15, 0.2) is 24.3 Å². The lowest BCUT2D eigenvalue weighted by molar-refractivity contribution is -0.149.